The first-order valence-corrected chi connectivity index (χ1v) is 7.66. The summed E-state index contributed by atoms with van der Waals surface area (Å²) in [5.41, 5.74) is 1.93. The van der Waals surface area contributed by atoms with Gasteiger partial charge in [0, 0.05) is 22.7 Å². The largest absolute Gasteiger partial charge is 0.368 e. The molecule has 1 aliphatic rings. The summed E-state index contributed by atoms with van der Waals surface area (Å²) >= 11 is 3.48. The lowest BCUT2D eigenvalue weighted by Gasteiger charge is -2.38. The standard InChI is InChI=1S/C15H20BrN3/c1-18-8-7-13-4-2-3-9-19(13)14-6-5-12(11-17)15(16)10-14/h5-6,10,13,18H,2-4,7-9H2,1H3. The highest BCUT2D eigenvalue weighted by molar-refractivity contribution is 9.10. The van der Waals surface area contributed by atoms with Gasteiger partial charge in [-0.3, -0.25) is 0 Å². The Bertz CT molecular complexity index is 467. The first-order chi connectivity index (χ1) is 9.26. The van der Waals surface area contributed by atoms with E-state index in [1.807, 2.05) is 13.1 Å². The third-order valence-corrected chi connectivity index (χ3v) is 4.42. The van der Waals surface area contributed by atoms with Gasteiger partial charge in [0.25, 0.3) is 0 Å². The van der Waals surface area contributed by atoms with Gasteiger partial charge in [0.2, 0.25) is 0 Å². The molecule has 3 nitrogen and oxygen atoms in total. The van der Waals surface area contributed by atoms with Gasteiger partial charge in [0.1, 0.15) is 6.07 Å². The van der Waals surface area contributed by atoms with Gasteiger partial charge >= 0.3 is 0 Å². The van der Waals surface area contributed by atoms with Crippen LogP contribution in [0.5, 0.6) is 0 Å². The minimum atomic E-state index is 0.612. The summed E-state index contributed by atoms with van der Waals surface area (Å²) in [7, 11) is 2.01. The maximum Gasteiger partial charge on any atom is 0.100 e. The number of hydrogen-bond donors (Lipinski definition) is 1. The maximum absolute atomic E-state index is 8.99. The fourth-order valence-electron chi connectivity index (χ4n) is 2.72. The van der Waals surface area contributed by atoms with E-state index in [0.29, 0.717) is 11.6 Å². The minimum absolute atomic E-state index is 0.612. The highest BCUT2D eigenvalue weighted by atomic mass is 79.9. The lowest BCUT2D eigenvalue weighted by Crippen LogP contribution is -2.41. The Balaban J connectivity index is 2.17. The van der Waals surface area contributed by atoms with Crippen molar-refractivity contribution in [2.45, 2.75) is 31.7 Å². The van der Waals surface area contributed by atoms with Gasteiger partial charge in [-0.25, -0.2) is 0 Å². The first-order valence-electron chi connectivity index (χ1n) is 6.87. The van der Waals surface area contributed by atoms with Crippen LogP contribution in [0.1, 0.15) is 31.2 Å². The molecule has 1 aromatic rings. The van der Waals surface area contributed by atoms with Crippen LogP contribution >= 0.6 is 15.9 Å². The van der Waals surface area contributed by atoms with Gasteiger partial charge in [-0.15, -0.1) is 0 Å². The Morgan fingerprint density at radius 1 is 1.47 bits per heavy atom. The van der Waals surface area contributed by atoms with Crippen molar-refractivity contribution in [1.82, 2.24) is 5.32 Å². The molecule has 0 aliphatic carbocycles. The van der Waals surface area contributed by atoms with Crippen LogP contribution in [0.25, 0.3) is 0 Å². The summed E-state index contributed by atoms with van der Waals surface area (Å²) in [6.45, 7) is 2.17. The van der Waals surface area contributed by atoms with E-state index in [2.05, 4.69) is 44.3 Å². The van der Waals surface area contributed by atoms with E-state index in [9.17, 15) is 0 Å². The molecule has 0 bridgehead atoms. The molecule has 0 amide bonds. The van der Waals surface area contributed by atoms with E-state index in [0.717, 1.165) is 17.6 Å². The number of nitriles is 1. The second kappa shape index (κ2) is 6.93. The van der Waals surface area contributed by atoms with Crippen molar-refractivity contribution < 1.29 is 0 Å². The average molecular weight is 322 g/mol. The lowest BCUT2D eigenvalue weighted by molar-refractivity contribution is 0.433. The van der Waals surface area contributed by atoms with Gasteiger partial charge in [-0.2, -0.15) is 5.26 Å². The molecule has 4 heteroatoms. The number of rotatable bonds is 4. The van der Waals surface area contributed by atoms with Gasteiger partial charge in [-0.05, 0) is 73.4 Å². The van der Waals surface area contributed by atoms with Gasteiger partial charge in [-0.1, -0.05) is 0 Å². The second-order valence-electron chi connectivity index (χ2n) is 5.01. The first kappa shape index (κ1) is 14.4. The molecule has 19 heavy (non-hydrogen) atoms. The van der Waals surface area contributed by atoms with Crippen LogP contribution in [0.2, 0.25) is 0 Å². The number of nitrogens with zero attached hydrogens (tertiary/aromatic N) is 2. The molecule has 0 saturated carbocycles. The molecule has 1 N–H and O–H groups in total. The van der Waals surface area contributed by atoms with Crippen molar-refractivity contribution in [3.05, 3.63) is 28.2 Å². The number of benzene rings is 1. The summed E-state index contributed by atoms with van der Waals surface area (Å²) in [5.74, 6) is 0. The van der Waals surface area contributed by atoms with Crippen molar-refractivity contribution in [3.63, 3.8) is 0 Å². The van der Waals surface area contributed by atoms with E-state index in [-0.39, 0.29) is 0 Å². The molecule has 102 valence electrons. The molecular weight excluding hydrogens is 302 g/mol. The van der Waals surface area contributed by atoms with Crippen LogP contribution in [-0.4, -0.2) is 26.2 Å². The highest BCUT2D eigenvalue weighted by Crippen LogP contribution is 2.29. The molecule has 1 fully saturated rings. The second-order valence-corrected chi connectivity index (χ2v) is 5.87. The zero-order valence-electron chi connectivity index (χ0n) is 11.3. The third kappa shape index (κ3) is 3.49. The van der Waals surface area contributed by atoms with Gasteiger partial charge in [0.15, 0.2) is 0 Å². The van der Waals surface area contributed by atoms with E-state index < -0.39 is 0 Å². The maximum atomic E-state index is 8.99. The van der Waals surface area contributed by atoms with E-state index >= 15 is 0 Å². The molecule has 1 atom stereocenters. The summed E-state index contributed by atoms with van der Waals surface area (Å²) in [4.78, 5) is 2.49. The average Bonchev–Trinajstić information content (AvgIpc) is 2.45. The predicted molar refractivity (Wildman–Crippen MR) is 82.4 cm³/mol. The zero-order valence-corrected chi connectivity index (χ0v) is 12.9. The molecule has 2 rings (SSSR count). The zero-order chi connectivity index (χ0) is 13.7. The van der Waals surface area contributed by atoms with Gasteiger partial charge < -0.3 is 10.2 Å². The third-order valence-electron chi connectivity index (χ3n) is 3.76. The summed E-state index contributed by atoms with van der Waals surface area (Å²) < 4.78 is 0.894. The summed E-state index contributed by atoms with van der Waals surface area (Å²) in [5, 5.41) is 12.2. The van der Waals surface area contributed by atoms with Crippen molar-refractivity contribution in [3.8, 4) is 6.07 Å². The molecule has 1 saturated heterocycles. The Hall–Kier alpha value is -1.05. The number of anilines is 1. The van der Waals surface area contributed by atoms with E-state index in [1.165, 1.54) is 31.4 Å². The smallest absolute Gasteiger partial charge is 0.100 e. The molecule has 1 aromatic carbocycles. The molecule has 1 unspecified atom stereocenters. The van der Waals surface area contributed by atoms with Crippen LogP contribution in [0.15, 0.2) is 22.7 Å². The fraction of sp³-hybridized carbons (Fsp3) is 0.533. The highest BCUT2D eigenvalue weighted by Gasteiger charge is 2.22. The number of piperidine rings is 1. The van der Waals surface area contributed by atoms with Crippen LogP contribution < -0.4 is 10.2 Å². The van der Waals surface area contributed by atoms with Crippen LogP contribution in [0, 0.1) is 11.3 Å². The monoisotopic (exact) mass is 321 g/mol. The SMILES string of the molecule is CNCCC1CCCCN1c1ccc(C#N)c(Br)c1. The normalized spacial score (nSPS) is 19.2. The van der Waals surface area contributed by atoms with E-state index in [4.69, 9.17) is 5.26 Å². The Morgan fingerprint density at radius 2 is 2.32 bits per heavy atom. The number of halogens is 1. The fourth-order valence-corrected chi connectivity index (χ4v) is 3.18. The molecule has 1 heterocycles. The van der Waals surface area contributed by atoms with Crippen molar-refractivity contribution in [2.75, 3.05) is 25.0 Å². The van der Waals surface area contributed by atoms with Crippen molar-refractivity contribution >= 4 is 21.6 Å². The molecular formula is C15H20BrN3. The Kier molecular flexibility index (Phi) is 5.24. The quantitative estimate of drug-likeness (QED) is 0.924. The summed E-state index contributed by atoms with van der Waals surface area (Å²) in [6.07, 6.45) is 5.02. The van der Waals surface area contributed by atoms with Gasteiger partial charge in [0.05, 0.1) is 5.56 Å². The summed E-state index contributed by atoms with van der Waals surface area (Å²) in [6, 6.07) is 8.86. The van der Waals surface area contributed by atoms with Crippen molar-refractivity contribution in [2.24, 2.45) is 0 Å². The van der Waals surface area contributed by atoms with Crippen LogP contribution in [0.3, 0.4) is 0 Å². The molecule has 0 radical (unpaired) electrons. The lowest BCUT2D eigenvalue weighted by atomic mass is 9.98. The number of nitrogens with one attached hydrogen (secondary N) is 1. The predicted octanol–water partition coefficient (Wildman–Crippen LogP) is 3.29. The molecule has 0 spiro atoms. The Morgan fingerprint density at radius 3 is 3.00 bits per heavy atom. The molecule has 0 aromatic heterocycles. The topological polar surface area (TPSA) is 39.1 Å². The van der Waals surface area contributed by atoms with Crippen LogP contribution in [-0.2, 0) is 0 Å². The molecule has 1 aliphatic heterocycles. The van der Waals surface area contributed by atoms with E-state index in [1.54, 1.807) is 0 Å². The number of hydrogen-bond acceptors (Lipinski definition) is 3. The minimum Gasteiger partial charge on any atom is -0.368 e. The Labute approximate surface area is 123 Å². The van der Waals surface area contributed by atoms with Crippen molar-refractivity contribution in [1.29, 1.82) is 5.26 Å². The van der Waals surface area contributed by atoms with Crippen LogP contribution in [0.4, 0.5) is 5.69 Å².